The van der Waals surface area contributed by atoms with Gasteiger partial charge in [-0.2, -0.15) is 0 Å². The van der Waals surface area contributed by atoms with Gasteiger partial charge in [0.15, 0.2) is 5.65 Å². The van der Waals surface area contributed by atoms with E-state index in [-0.39, 0.29) is 5.82 Å². The first-order valence-corrected chi connectivity index (χ1v) is 5.33. The van der Waals surface area contributed by atoms with Crippen LogP contribution in [-0.4, -0.2) is 14.5 Å². The molecule has 3 rings (SSSR count). The molecule has 0 N–H and O–H groups in total. The van der Waals surface area contributed by atoms with Crippen LogP contribution in [0.4, 0.5) is 4.39 Å². The predicted molar refractivity (Wildman–Crippen MR) is 63.0 cm³/mol. The number of benzene rings is 1. The van der Waals surface area contributed by atoms with Gasteiger partial charge in [0.05, 0.1) is 12.9 Å². The third kappa shape index (κ3) is 1.89. The molecular formula is C13H10FN3. The highest BCUT2D eigenvalue weighted by atomic mass is 19.1. The van der Waals surface area contributed by atoms with Crippen LogP contribution >= 0.6 is 0 Å². The van der Waals surface area contributed by atoms with Gasteiger partial charge in [0.1, 0.15) is 11.3 Å². The maximum Gasteiger partial charge on any atom is 0.160 e. The molecule has 3 aromatic rings. The van der Waals surface area contributed by atoms with Crippen molar-refractivity contribution in [3.8, 4) is 0 Å². The van der Waals surface area contributed by atoms with Gasteiger partial charge in [-0.15, -0.1) is 0 Å². The molecule has 0 radical (unpaired) electrons. The highest BCUT2D eigenvalue weighted by Crippen LogP contribution is 2.12. The first kappa shape index (κ1) is 9.96. The van der Waals surface area contributed by atoms with Gasteiger partial charge in [0.25, 0.3) is 0 Å². The lowest BCUT2D eigenvalue weighted by Gasteiger charge is -2.03. The standard InChI is InChI=1S/C13H10FN3/c14-11-4-1-3-10(7-11)8-17-9-16-12-5-2-6-15-13(12)17/h1-7,9H,8H2. The molecule has 0 atom stereocenters. The minimum absolute atomic E-state index is 0.222. The lowest BCUT2D eigenvalue weighted by molar-refractivity contribution is 0.624. The monoisotopic (exact) mass is 227 g/mol. The molecule has 0 bridgehead atoms. The van der Waals surface area contributed by atoms with Gasteiger partial charge in [-0.05, 0) is 29.8 Å². The van der Waals surface area contributed by atoms with E-state index in [0.29, 0.717) is 6.54 Å². The molecule has 2 heterocycles. The number of hydrogen-bond donors (Lipinski definition) is 0. The van der Waals surface area contributed by atoms with Crippen LogP contribution in [0.25, 0.3) is 11.2 Å². The Morgan fingerprint density at radius 2 is 2.06 bits per heavy atom. The van der Waals surface area contributed by atoms with Crippen molar-refractivity contribution < 1.29 is 4.39 Å². The molecule has 1 aromatic carbocycles. The Bertz CT molecular complexity index is 660. The molecule has 0 saturated carbocycles. The van der Waals surface area contributed by atoms with E-state index in [9.17, 15) is 4.39 Å². The largest absolute Gasteiger partial charge is 0.311 e. The Hall–Kier alpha value is -2.23. The van der Waals surface area contributed by atoms with Crippen LogP contribution in [0.1, 0.15) is 5.56 Å². The summed E-state index contributed by atoms with van der Waals surface area (Å²) in [6, 6.07) is 10.3. The molecule has 0 aliphatic rings. The van der Waals surface area contributed by atoms with Gasteiger partial charge >= 0.3 is 0 Å². The van der Waals surface area contributed by atoms with Crippen LogP contribution in [0.2, 0.25) is 0 Å². The third-order valence-electron chi connectivity index (χ3n) is 2.62. The molecule has 17 heavy (non-hydrogen) atoms. The van der Waals surface area contributed by atoms with E-state index in [1.54, 1.807) is 18.6 Å². The van der Waals surface area contributed by atoms with E-state index >= 15 is 0 Å². The fourth-order valence-corrected chi connectivity index (χ4v) is 1.84. The van der Waals surface area contributed by atoms with Gasteiger partial charge < -0.3 is 4.57 Å². The summed E-state index contributed by atoms with van der Waals surface area (Å²) in [4.78, 5) is 8.51. The van der Waals surface area contributed by atoms with Crippen molar-refractivity contribution >= 4 is 11.2 Å². The Labute approximate surface area is 97.6 Å². The maximum absolute atomic E-state index is 13.1. The van der Waals surface area contributed by atoms with E-state index in [1.165, 1.54) is 12.1 Å². The Morgan fingerprint density at radius 1 is 1.12 bits per heavy atom. The molecule has 3 nitrogen and oxygen atoms in total. The summed E-state index contributed by atoms with van der Waals surface area (Å²) in [5.41, 5.74) is 2.57. The van der Waals surface area contributed by atoms with Crippen LogP contribution in [-0.2, 0) is 6.54 Å². The molecule has 0 spiro atoms. The van der Waals surface area contributed by atoms with Crippen molar-refractivity contribution in [2.24, 2.45) is 0 Å². The topological polar surface area (TPSA) is 30.7 Å². The number of hydrogen-bond acceptors (Lipinski definition) is 2. The smallest absolute Gasteiger partial charge is 0.160 e. The fourth-order valence-electron chi connectivity index (χ4n) is 1.84. The highest BCUT2D eigenvalue weighted by molar-refractivity contribution is 5.70. The molecule has 4 heteroatoms. The van der Waals surface area contributed by atoms with Crippen LogP contribution in [0.15, 0.2) is 48.9 Å². The number of pyridine rings is 1. The van der Waals surface area contributed by atoms with Crippen LogP contribution in [0, 0.1) is 5.82 Å². The lowest BCUT2D eigenvalue weighted by Crippen LogP contribution is -1.99. The minimum atomic E-state index is -0.222. The van der Waals surface area contributed by atoms with Crippen molar-refractivity contribution in [2.45, 2.75) is 6.54 Å². The van der Waals surface area contributed by atoms with E-state index in [2.05, 4.69) is 9.97 Å². The predicted octanol–water partition coefficient (Wildman–Crippen LogP) is 2.62. The van der Waals surface area contributed by atoms with Crippen molar-refractivity contribution in [1.82, 2.24) is 14.5 Å². The van der Waals surface area contributed by atoms with E-state index < -0.39 is 0 Å². The maximum atomic E-state index is 13.1. The van der Waals surface area contributed by atoms with E-state index in [4.69, 9.17) is 0 Å². The molecule has 0 amide bonds. The molecular weight excluding hydrogens is 217 g/mol. The fraction of sp³-hybridized carbons (Fsp3) is 0.0769. The zero-order valence-corrected chi connectivity index (χ0v) is 9.05. The molecule has 0 aliphatic heterocycles. The highest BCUT2D eigenvalue weighted by Gasteiger charge is 2.03. The van der Waals surface area contributed by atoms with Crippen molar-refractivity contribution in [3.05, 3.63) is 60.3 Å². The molecule has 0 saturated heterocycles. The van der Waals surface area contributed by atoms with Gasteiger partial charge in [-0.1, -0.05) is 12.1 Å². The molecule has 2 aromatic heterocycles. The summed E-state index contributed by atoms with van der Waals surface area (Å²) in [5, 5.41) is 0. The van der Waals surface area contributed by atoms with Crippen LogP contribution < -0.4 is 0 Å². The summed E-state index contributed by atoms with van der Waals surface area (Å²) >= 11 is 0. The van der Waals surface area contributed by atoms with Crippen molar-refractivity contribution in [1.29, 1.82) is 0 Å². The Kier molecular flexibility index (Phi) is 2.33. The number of halogens is 1. The molecule has 0 unspecified atom stereocenters. The first-order valence-electron chi connectivity index (χ1n) is 5.33. The van der Waals surface area contributed by atoms with Crippen molar-refractivity contribution in [3.63, 3.8) is 0 Å². The van der Waals surface area contributed by atoms with Crippen LogP contribution in [0.3, 0.4) is 0 Å². The number of nitrogens with zero attached hydrogens (tertiary/aromatic N) is 3. The number of aromatic nitrogens is 3. The second-order valence-electron chi connectivity index (χ2n) is 3.85. The van der Waals surface area contributed by atoms with E-state index in [0.717, 1.165) is 16.7 Å². The minimum Gasteiger partial charge on any atom is -0.311 e. The number of rotatable bonds is 2. The van der Waals surface area contributed by atoms with Crippen molar-refractivity contribution in [2.75, 3.05) is 0 Å². The Morgan fingerprint density at radius 3 is 2.94 bits per heavy atom. The summed E-state index contributed by atoms with van der Waals surface area (Å²) < 4.78 is 15.0. The second kappa shape index (κ2) is 3.97. The zero-order chi connectivity index (χ0) is 11.7. The summed E-state index contributed by atoms with van der Waals surface area (Å²) in [6.07, 6.45) is 3.45. The summed E-state index contributed by atoms with van der Waals surface area (Å²) in [7, 11) is 0. The average Bonchev–Trinajstić information content (AvgIpc) is 2.73. The van der Waals surface area contributed by atoms with Gasteiger partial charge in [-0.25, -0.2) is 14.4 Å². The van der Waals surface area contributed by atoms with Gasteiger partial charge in [-0.3, -0.25) is 0 Å². The quantitative estimate of drug-likeness (QED) is 0.673. The molecule has 0 fully saturated rings. The second-order valence-corrected chi connectivity index (χ2v) is 3.85. The molecule has 84 valence electrons. The number of imidazole rings is 1. The Balaban J connectivity index is 2.00. The summed E-state index contributed by atoms with van der Waals surface area (Å²) in [5.74, 6) is -0.222. The lowest BCUT2D eigenvalue weighted by atomic mass is 10.2. The van der Waals surface area contributed by atoms with E-state index in [1.807, 2.05) is 22.8 Å². The average molecular weight is 227 g/mol. The third-order valence-corrected chi connectivity index (χ3v) is 2.62. The summed E-state index contributed by atoms with van der Waals surface area (Å²) in [6.45, 7) is 0.575. The zero-order valence-electron chi connectivity index (χ0n) is 9.05. The first-order chi connectivity index (χ1) is 8.33. The normalized spacial score (nSPS) is 10.9. The number of fused-ring (bicyclic) bond motifs is 1. The SMILES string of the molecule is Fc1cccc(Cn2cnc3cccnc32)c1. The van der Waals surface area contributed by atoms with Crippen LogP contribution in [0.5, 0.6) is 0 Å². The molecule has 0 aliphatic carbocycles. The van der Waals surface area contributed by atoms with Gasteiger partial charge in [0, 0.05) is 6.20 Å². The van der Waals surface area contributed by atoms with Gasteiger partial charge in [0.2, 0.25) is 0 Å².